The molecule has 0 saturated carbocycles. The SMILES string of the molecule is Cc1noc(C)c1S(=O)(=O)N1CCN(C(=O)Nc2cccc(NC(=O)Nc3ccccc3)c2)CC1. The Balaban J connectivity index is 1.32. The van der Waals surface area contributed by atoms with E-state index in [9.17, 15) is 18.0 Å². The Hall–Kier alpha value is -3.90. The van der Waals surface area contributed by atoms with E-state index in [4.69, 9.17) is 4.52 Å². The van der Waals surface area contributed by atoms with Crippen molar-refractivity contribution in [1.29, 1.82) is 0 Å². The van der Waals surface area contributed by atoms with Gasteiger partial charge in [0.2, 0.25) is 10.0 Å². The van der Waals surface area contributed by atoms with Gasteiger partial charge in [0.25, 0.3) is 0 Å². The van der Waals surface area contributed by atoms with E-state index < -0.39 is 16.1 Å². The maximum atomic E-state index is 13.0. The average Bonchev–Trinajstić information content (AvgIpc) is 3.18. The second-order valence-corrected chi connectivity index (χ2v) is 9.88. The highest BCUT2D eigenvalue weighted by Gasteiger charge is 2.34. The Bertz CT molecular complexity index is 1300. The summed E-state index contributed by atoms with van der Waals surface area (Å²) in [7, 11) is -3.76. The van der Waals surface area contributed by atoms with Gasteiger partial charge in [-0.2, -0.15) is 4.31 Å². The Morgan fingerprint density at radius 2 is 1.46 bits per heavy atom. The van der Waals surface area contributed by atoms with Gasteiger partial charge in [0.15, 0.2) is 5.76 Å². The van der Waals surface area contributed by atoms with Gasteiger partial charge in [-0.05, 0) is 44.2 Å². The fraction of sp³-hybridized carbons (Fsp3) is 0.261. The van der Waals surface area contributed by atoms with Crippen LogP contribution in [0.4, 0.5) is 26.7 Å². The molecule has 4 rings (SSSR count). The molecule has 35 heavy (non-hydrogen) atoms. The van der Waals surface area contributed by atoms with Crippen LogP contribution in [-0.2, 0) is 10.0 Å². The molecule has 184 valence electrons. The van der Waals surface area contributed by atoms with E-state index in [0.717, 1.165) is 0 Å². The molecule has 1 aliphatic rings. The molecule has 1 saturated heterocycles. The quantitative estimate of drug-likeness (QED) is 0.493. The molecular formula is C23H26N6O5S. The third-order valence-electron chi connectivity index (χ3n) is 5.49. The smallest absolute Gasteiger partial charge is 0.323 e. The lowest BCUT2D eigenvalue weighted by atomic mass is 10.2. The number of urea groups is 2. The van der Waals surface area contributed by atoms with Crippen LogP contribution < -0.4 is 16.0 Å². The number of carbonyl (C=O) groups excluding carboxylic acids is 2. The zero-order chi connectivity index (χ0) is 25.0. The number of rotatable bonds is 5. The van der Waals surface area contributed by atoms with Gasteiger partial charge >= 0.3 is 12.1 Å². The zero-order valence-corrected chi connectivity index (χ0v) is 20.1. The number of amides is 4. The number of anilines is 3. The van der Waals surface area contributed by atoms with Crippen molar-refractivity contribution in [1.82, 2.24) is 14.4 Å². The molecule has 2 aromatic carbocycles. The summed E-state index contributed by atoms with van der Waals surface area (Å²) in [6.45, 7) is 3.91. The molecule has 3 N–H and O–H groups in total. The van der Waals surface area contributed by atoms with Gasteiger partial charge in [0.05, 0.1) is 0 Å². The molecule has 1 fully saturated rings. The van der Waals surface area contributed by atoms with E-state index in [2.05, 4.69) is 21.1 Å². The van der Waals surface area contributed by atoms with E-state index in [0.29, 0.717) is 22.8 Å². The molecule has 1 aliphatic heterocycles. The lowest BCUT2D eigenvalue weighted by Crippen LogP contribution is -2.51. The van der Waals surface area contributed by atoms with Gasteiger partial charge in [0, 0.05) is 43.2 Å². The number of nitrogens with zero attached hydrogens (tertiary/aromatic N) is 3. The summed E-state index contributed by atoms with van der Waals surface area (Å²) in [6, 6.07) is 15.0. The van der Waals surface area contributed by atoms with Crippen molar-refractivity contribution < 1.29 is 22.5 Å². The number of hydrogen-bond donors (Lipinski definition) is 3. The van der Waals surface area contributed by atoms with Gasteiger partial charge in [-0.15, -0.1) is 0 Å². The maximum Gasteiger partial charge on any atom is 0.323 e. The minimum atomic E-state index is -3.76. The molecule has 0 unspecified atom stereocenters. The maximum absolute atomic E-state index is 13.0. The number of sulfonamides is 1. The third kappa shape index (κ3) is 5.61. The molecule has 0 atom stereocenters. The first-order chi connectivity index (χ1) is 16.7. The number of benzene rings is 2. The predicted octanol–water partition coefficient (Wildman–Crippen LogP) is 3.47. The molecular weight excluding hydrogens is 472 g/mol. The third-order valence-corrected chi connectivity index (χ3v) is 7.64. The molecule has 1 aromatic heterocycles. The first-order valence-corrected chi connectivity index (χ1v) is 12.4. The zero-order valence-electron chi connectivity index (χ0n) is 19.3. The van der Waals surface area contributed by atoms with E-state index in [1.165, 1.54) is 4.31 Å². The average molecular weight is 499 g/mol. The molecule has 0 bridgehead atoms. The van der Waals surface area contributed by atoms with E-state index in [1.807, 2.05) is 18.2 Å². The van der Waals surface area contributed by atoms with Crippen LogP contribution in [-0.4, -0.2) is 61.0 Å². The van der Waals surface area contributed by atoms with Gasteiger partial charge in [-0.1, -0.05) is 29.4 Å². The summed E-state index contributed by atoms with van der Waals surface area (Å²) in [6.07, 6.45) is 0. The molecule has 3 aromatic rings. The highest BCUT2D eigenvalue weighted by Crippen LogP contribution is 2.24. The van der Waals surface area contributed by atoms with E-state index >= 15 is 0 Å². The normalized spacial score (nSPS) is 14.4. The summed E-state index contributed by atoms with van der Waals surface area (Å²) in [5.41, 5.74) is 1.98. The predicted molar refractivity (Wildman–Crippen MR) is 131 cm³/mol. The van der Waals surface area contributed by atoms with Crippen LogP contribution in [0.5, 0.6) is 0 Å². The molecule has 0 radical (unpaired) electrons. The number of hydrogen-bond acceptors (Lipinski definition) is 6. The highest BCUT2D eigenvalue weighted by molar-refractivity contribution is 7.89. The Morgan fingerprint density at radius 3 is 2.09 bits per heavy atom. The fourth-order valence-corrected chi connectivity index (χ4v) is 5.51. The summed E-state index contributed by atoms with van der Waals surface area (Å²) >= 11 is 0. The van der Waals surface area contributed by atoms with Crippen LogP contribution >= 0.6 is 0 Å². The first-order valence-electron chi connectivity index (χ1n) is 11.0. The second-order valence-electron chi connectivity index (χ2n) is 8.00. The van der Waals surface area contributed by atoms with Crippen LogP contribution in [0.15, 0.2) is 64.0 Å². The van der Waals surface area contributed by atoms with Crippen molar-refractivity contribution in [2.24, 2.45) is 0 Å². The Morgan fingerprint density at radius 1 is 0.857 bits per heavy atom. The van der Waals surface area contributed by atoms with Crippen LogP contribution in [0.25, 0.3) is 0 Å². The lowest BCUT2D eigenvalue weighted by Gasteiger charge is -2.33. The standard InChI is InChI=1S/C23H26N6O5S/c1-16-21(17(2)34-27-16)35(32,33)29-13-11-28(12-14-29)23(31)26-20-10-6-9-19(15-20)25-22(30)24-18-7-4-3-5-8-18/h3-10,15H,11-14H2,1-2H3,(H,26,31)(H2,24,25,30). The Kier molecular flexibility index (Phi) is 7.03. The van der Waals surface area contributed by atoms with Crippen molar-refractivity contribution in [2.45, 2.75) is 18.7 Å². The van der Waals surface area contributed by atoms with Gasteiger partial charge in [-0.25, -0.2) is 18.0 Å². The highest BCUT2D eigenvalue weighted by atomic mass is 32.2. The van der Waals surface area contributed by atoms with Crippen molar-refractivity contribution in [2.75, 3.05) is 42.1 Å². The molecule has 11 nitrogen and oxygen atoms in total. The fourth-order valence-electron chi connectivity index (χ4n) is 3.80. The van der Waals surface area contributed by atoms with Crippen LogP contribution in [0.3, 0.4) is 0 Å². The first kappa shape index (κ1) is 24.2. The molecule has 12 heteroatoms. The number of aryl methyl sites for hydroxylation is 2. The second kappa shape index (κ2) is 10.2. The summed E-state index contributed by atoms with van der Waals surface area (Å²) in [5.74, 6) is 0.244. The number of aromatic nitrogens is 1. The minimum absolute atomic E-state index is 0.0796. The summed E-state index contributed by atoms with van der Waals surface area (Å²) in [5, 5.41) is 12.0. The molecule has 2 heterocycles. The van der Waals surface area contributed by atoms with Gasteiger partial charge in [-0.3, -0.25) is 0 Å². The summed E-state index contributed by atoms with van der Waals surface area (Å²) in [4.78, 5) is 26.6. The number of piperazine rings is 1. The van der Waals surface area contributed by atoms with Crippen LogP contribution in [0.2, 0.25) is 0 Å². The molecule has 0 aliphatic carbocycles. The van der Waals surface area contributed by atoms with Crippen molar-refractivity contribution in [3.63, 3.8) is 0 Å². The molecule has 0 spiro atoms. The minimum Gasteiger partial charge on any atom is -0.360 e. The topological polar surface area (TPSA) is 137 Å². The van der Waals surface area contributed by atoms with E-state index in [-0.39, 0.29) is 42.9 Å². The monoisotopic (exact) mass is 498 g/mol. The number of carbonyl (C=O) groups is 2. The van der Waals surface area contributed by atoms with Crippen LogP contribution in [0, 0.1) is 13.8 Å². The Labute approximate surface area is 203 Å². The number of para-hydroxylation sites is 1. The number of nitrogens with one attached hydrogen (secondary N) is 3. The summed E-state index contributed by atoms with van der Waals surface area (Å²) < 4.78 is 32.3. The lowest BCUT2D eigenvalue weighted by molar-refractivity contribution is 0.184. The van der Waals surface area contributed by atoms with E-state index in [1.54, 1.807) is 55.1 Å². The largest absolute Gasteiger partial charge is 0.360 e. The van der Waals surface area contributed by atoms with Crippen molar-refractivity contribution >= 4 is 39.1 Å². The van der Waals surface area contributed by atoms with Gasteiger partial charge in [0.1, 0.15) is 10.6 Å². The van der Waals surface area contributed by atoms with Crippen molar-refractivity contribution in [3.8, 4) is 0 Å². The van der Waals surface area contributed by atoms with Gasteiger partial charge < -0.3 is 25.4 Å². The van der Waals surface area contributed by atoms with Crippen molar-refractivity contribution in [3.05, 3.63) is 66.1 Å². The molecule has 4 amide bonds. The van der Waals surface area contributed by atoms with Crippen LogP contribution in [0.1, 0.15) is 11.5 Å².